The Morgan fingerprint density at radius 1 is 1.39 bits per heavy atom. The van der Waals surface area contributed by atoms with E-state index in [9.17, 15) is 14.7 Å². The predicted octanol–water partition coefficient (Wildman–Crippen LogP) is -0.0471. The molecule has 3 aliphatic rings. The molecule has 100 valence electrons. The van der Waals surface area contributed by atoms with Crippen molar-refractivity contribution in [2.24, 2.45) is 0 Å². The summed E-state index contributed by atoms with van der Waals surface area (Å²) in [6.45, 7) is 4.64. The Kier molecular flexibility index (Phi) is 2.29. The molecule has 0 bridgehead atoms. The second kappa shape index (κ2) is 3.45. The van der Waals surface area contributed by atoms with Gasteiger partial charge in [-0.3, -0.25) is 9.69 Å². The van der Waals surface area contributed by atoms with Crippen molar-refractivity contribution in [3.05, 3.63) is 0 Å². The van der Waals surface area contributed by atoms with Crippen LogP contribution in [0.15, 0.2) is 0 Å². The Hall–Kier alpha value is -1.14. The van der Waals surface area contributed by atoms with E-state index in [2.05, 4.69) is 0 Å². The fourth-order valence-corrected chi connectivity index (χ4v) is 2.32. The highest BCUT2D eigenvalue weighted by Gasteiger charge is 2.56. The van der Waals surface area contributed by atoms with Gasteiger partial charge < -0.3 is 14.7 Å². The molecular formula is C12H18N2O4. The number of carbonyl (C=O) groups is 2. The van der Waals surface area contributed by atoms with E-state index in [1.165, 1.54) is 9.80 Å². The van der Waals surface area contributed by atoms with E-state index >= 15 is 0 Å². The molecule has 3 fully saturated rings. The molecule has 1 N–H and O–H groups in total. The van der Waals surface area contributed by atoms with Crippen molar-refractivity contribution in [1.29, 1.82) is 0 Å². The topological polar surface area (TPSA) is 73.4 Å². The van der Waals surface area contributed by atoms with Crippen LogP contribution >= 0.6 is 0 Å². The van der Waals surface area contributed by atoms with E-state index in [4.69, 9.17) is 4.74 Å². The minimum Gasteiger partial charge on any atom is -0.388 e. The minimum atomic E-state index is -0.871. The monoisotopic (exact) mass is 254 g/mol. The number of urea groups is 1. The van der Waals surface area contributed by atoms with Crippen molar-refractivity contribution in [3.63, 3.8) is 0 Å². The summed E-state index contributed by atoms with van der Waals surface area (Å²) in [7, 11) is 0. The summed E-state index contributed by atoms with van der Waals surface area (Å²) < 4.78 is 5.07. The molecule has 3 amide bonds. The lowest BCUT2D eigenvalue weighted by Gasteiger charge is -2.29. The SMILES string of the molecule is CC1(C)C(=O)N(CC2CO2)C(=O)N1CC1(O)CC1. The van der Waals surface area contributed by atoms with Crippen LogP contribution in [0.25, 0.3) is 0 Å². The lowest BCUT2D eigenvalue weighted by molar-refractivity contribution is -0.132. The van der Waals surface area contributed by atoms with E-state index in [-0.39, 0.29) is 24.6 Å². The lowest BCUT2D eigenvalue weighted by atomic mass is 10.0. The zero-order valence-corrected chi connectivity index (χ0v) is 10.7. The number of ether oxygens (including phenoxy) is 1. The van der Waals surface area contributed by atoms with Gasteiger partial charge in [0.2, 0.25) is 0 Å². The van der Waals surface area contributed by atoms with Crippen LogP contribution < -0.4 is 0 Å². The first kappa shape index (κ1) is 11.9. The predicted molar refractivity (Wildman–Crippen MR) is 61.8 cm³/mol. The molecule has 18 heavy (non-hydrogen) atoms. The number of hydrogen-bond acceptors (Lipinski definition) is 4. The number of rotatable bonds is 4. The van der Waals surface area contributed by atoms with Crippen molar-refractivity contribution in [2.75, 3.05) is 19.7 Å². The molecule has 0 aromatic rings. The van der Waals surface area contributed by atoms with Crippen molar-refractivity contribution in [3.8, 4) is 0 Å². The largest absolute Gasteiger partial charge is 0.388 e. The molecule has 1 aliphatic carbocycles. The molecule has 6 heteroatoms. The van der Waals surface area contributed by atoms with E-state index in [0.717, 1.165) is 0 Å². The third kappa shape index (κ3) is 1.80. The van der Waals surface area contributed by atoms with Crippen LogP contribution in [0.4, 0.5) is 4.79 Å². The Labute approximate surface area is 105 Å². The summed E-state index contributed by atoms with van der Waals surface area (Å²) in [5, 5.41) is 9.96. The highest BCUT2D eigenvalue weighted by Crippen LogP contribution is 2.39. The van der Waals surface area contributed by atoms with Crippen molar-refractivity contribution in [2.45, 2.75) is 43.9 Å². The summed E-state index contributed by atoms with van der Waals surface area (Å²) in [5.41, 5.74) is -1.65. The second-order valence-corrected chi connectivity index (χ2v) is 6.02. The number of imide groups is 1. The van der Waals surface area contributed by atoms with Gasteiger partial charge in [-0.1, -0.05) is 0 Å². The molecule has 6 nitrogen and oxygen atoms in total. The van der Waals surface area contributed by atoms with Crippen molar-refractivity contribution in [1.82, 2.24) is 9.80 Å². The first-order valence-corrected chi connectivity index (χ1v) is 6.31. The smallest absolute Gasteiger partial charge is 0.327 e. The third-order valence-electron chi connectivity index (χ3n) is 3.97. The van der Waals surface area contributed by atoms with E-state index in [1.54, 1.807) is 13.8 Å². The molecule has 2 saturated heterocycles. The molecule has 1 saturated carbocycles. The first-order valence-electron chi connectivity index (χ1n) is 6.31. The number of amides is 3. The maximum Gasteiger partial charge on any atom is 0.327 e. The number of hydrogen-bond donors (Lipinski definition) is 1. The average Bonchev–Trinajstić information content (AvgIpc) is 3.18. The van der Waals surface area contributed by atoms with Gasteiger partial charge in [0.05, 0.1) is 31.4 Å². The van der Waals surface area contributed by atoms with Gasteiger partial charge in [-0.05, 0) is 26.7 Å². The number of nitrogens with zero attached hydrogens (tertiary/aromatic N) is 2. The standard InChI is InChI=1S/C12H18N2O4/c1-11(2)9(15)13(5-8-6-18-8)10(16)14(11)7-12(17)3-4-12/h8,17H,3-7H2,1-2H3. The quantitative estimate of drug-likeness (QED) is 0.564. The van der Waals surface area contributed by atoms with Gasteiger partial charge in [-0.25, -0.2) is 4.79 Å². The molecule has 0 radical (unpaired) electrons. The van der Waals surface area contributed by atoms with Crippen LogP contribution in [0.3, 0.4) is 0 Å². The number of aliphatic hydroxyl groups is 1. The molecule has 1 atom stereocenters. The van der Waals surface area contributed by atoms with Crippen LogP contribution in [0.1, 0.15) is 26.7 Å². The number of epoxide rings is 1. The van der Waals surface area contributed by atoms with Gasteiger partial charge in [-0.15, -0.1) is 0 Å². The fraction of sp³-hybridized carbons (Fsp3) is 0.833. The van der Waals surface area contributed by atoms with E-state index in [0.29, 0.717) is 26.0 Å². The van der Waals surface area contributed by atoms with Crippen LogP contribution in [-0.4, -0.2) is 63.8 Å². The van der Waals surface area contributed by atoms with Crippen LogP contribution in [0.2, 0.25) is 0 Å². The Morgan fingerprint density at radius 3 is 2.50 bits per heavy atom. The van der Waals surface area contributed by atoms with Crippen molar-refractivity contribution >= 4 is 11.9 Å². The normalized spacial score (nSPS) is 32.1. The van der Waals surface area contributed by atoms with Gasteiger partial charge in [0.25, 0.3) is 5.91 Å². The van der Waals surface area contributed by atoms with Crippen molar-refractivity contribution < 1.29 is 19.4 Å². The summed E-state index contributed by atoms with van der Waals surface area (Å²) in [5.74, 6) is -0.202. The molecule has 2 aliphatic heterocycles. The summed E-state index contributed by atoms with van der Waals surface area (Å²) in [6, 6.07) is -0.305. The molecule has 0 aromatic carbocycles. The Balaban J connectivity index is 1.79. The summed E-state index contributed by atoms with van der Waals surface area (Å²) in [6.07, 6.45) is 1.40. The number of β-amino-alcohol motifs (C(OH)–C–C–N with tert-alkyl or cyclic N) is 1. The van der Waals surface area contributed by atoms with E-state index in [1.807, 2.05) is 0 Å². The van der Waals surface area contributed by atoms with Gasteiger partial charge >= 0.3 is 6.03 Å². The zero-order valence-electron chi connectivity index (χ0n) is 10.7. The second-order valence-electron chi connectivity index (χ2n) is 6.02. The lowest BCUT2D eigenvalue weighted by Crippen LogP contribution is -2.48. The summed E-state index contributed by atoms with van der Waals surface area (Å²) in [4.78, 5) is 27.3. The molecule has 2 heterocycles. The van der Waals surface area contributed by atoms with Gasteiger partial charge in [-0.2, -0.15) is 0 Å². The first-order chi connectivity index (χ1) is 8.33. The zero-order chi connectivity index (χ0) is 13.1. The fourth-order valence-electron chi connectivity index (χ4n) is 2.32. The Bertz CT molecular complexity index is 412. The van der Waals surface area contributed by atoms with Crippen LogP contribution in [0, 0.1) is 0 Å². The van der Waals surface area contributed by atoms with Gasteiger partial charge in [0.15, 0.2) is 0 Å². The van der Waals surface area contributed by atoms with Gasteiger partial charge in [0.1, 0.15) is 5.54 Å². The molecule has 3 rings (SSSR count). The molecular weight excluding hydrogens is 236 g/mol. The molecule has 1 unspecified atom stereocenters. The molecule has 0 spiro atoms. The van der Waals surface area contributed by atoms with Crippen LogP contribution in [0.5, 0.6) is 0 Å². The maximum atomic E-state index is 12.3. The van der Waals surface area contributed by atoms with Crippen LogP contribution in [-0.2, 0) is 9.53 Å². The average molecular weight is 254 g/mol. The highest BCUT2D eigenvalue weighted by molar-refractivity contribution is 6.06. The summed E-state index contributed by atoms with van der Waals surface area (Å²) >= 11 is 0. The Morgan fingerprint density at radius 2 is 2.00 bits per heavy atom. The highest BCUT2D eigenvalue weighted by atomic mass is 16.6. The molecule has 0 aromatic heterocycles. The maximum absolute atomic E-state index is 12.3. The van der Waals surface area contributed by atoms with Gasteiger partial charge in [0, 0.05) is 0 Å². The third-order valence-corrected chi connectivity index (χ3v) is 3.97. The minimum absolute atomic E-state index is 0.00217. The number of carbonyl (C=O) groups excluding carboxylic acids is 2. The van der Waals surface area contributed by atoms with E-state index < -0.39 is 11.1 Å².